The molecule has 1 aromatic carbocycles. The van der Waals surface area contributed by atoms with E-state index in [2.05, 4.69) is 0 Å². The van der Waals surface area contributed by atoms with E-state index < -0.39 is 34.9 Å². The molecule has 5 N–H and O–H groups in total. The molecule has 1 aromatic rings. The molecule has 1 saturated carbocycles. The number of hydrogen-bond acceptors (Lipinski definition) is 6. The van der Waals surface area contributed by atoms with Crippen LogP contribution in [-0.2, 0) is 16.0 Å². The van der Waals surface area contributed by atoms with Crippen LogP contribution >= 0.6 is 0 Å². The average Bonchev–Trinajstić information content (AvgIpc) is 3.21. The number of phenols is 1. The Labute approximate surface area is 179 Å². The molecule has 162 valence electrons. The lowest BCUT2D eigenvalue weighted by Crippen LogP contribution is -2.43. The normalized spacial score (nSPS) is 28.5. The quantitative estimate of drug-likeness (QED) is 0.539. The summed E-state index contributed by atoms with van der Waals surface area (Å²) >= 11 is 0. The van der Waals surface area contributed by atoms with E-state index in [9.17, 15) is 29.7 Å². The van der Waals surface area contributed by atoms with Gasteiger partial charge >= 0.3 is 0 Å². The molecule has 0 bridgehead atoms. The summed E-state index contributed by atoms with van der Waals surface area (Å²) in [5.41, 5.74) is 7.06. The lowest BCUT2D eigenvalue weighted by molar-refractivity contribution is -0.126. The number of fused-ring (bicyclic) bond motifs is 3. The van der Waals surface area contributed by atoms with Gasteiger partial charge < -0.3 is 21.1 Å². The summed E-state index contributed by atoms with van der Waals surface area (Å²) in [5, 5.41) is 31.8. The minimum atomic E-state index is -1.07. The summed E-state index contributed by atoms with van der Waals surface area (Å²) < 4.78 is 0. The molecule has 3 atom stereocenters. The van der Waals surface area contributed by atoms with E-state index in [-0.39, 0.29) is 40.7 Å². The molecule has 0 aromatic heterocycles. The summed E-state index contributed by atoms with van der Waals surface area (Å²) in [7, 11) is 0. The predicted molar refractivity (Wildman–Crippen MR) is 111 cm³/mol. The molecule has 4 aliphatic carbocycles. The van der Waals surface area contributed by atoms with Crippen LogP contribution in [0, 0.1) is 17.8 Å². The van der Waals surface area contributed by atoms with Gasteiger partial charge in [-0.1, -0.05) is 18.9 Å². The van der Waals surface area contributed by atoms with E-state index in [0.29, 0.717) is 18.8 Å². The maximum atomic E-state index is 13.5. The van der Waals surface area contributed by atoms with Gasteiger partial charge in [0.25, 0.3) is 5.91 Å². The first-order chi connectivity index (χ1) is 14.8. The highest BCUT2D eigenvalue weighted by atomic mass is 16.3. The molecule has 5 rings (SSSR count). The molecule has 0 spiro atoms. The van der Waals surface area contributed by atoms with E-state index in [0.717, 1.165) is 36.8 Å². The molecule has 4 aliphatic rings. The van der Waals surface area contributed by atoms with E-state index >= 15 is 0 Å². The Balaban J connectivity index is 1.62. The molecule has 0 heterocycles. The second-order valence-corrected chi connectivity index (χ2v) is 9.27. The number of rotatable bonds is 2. The van der Waals surface area contributed by atoms with Crippen LogP contribution in [0.2, 0.25) is 0 Å². The number of Topliss-reactive ketones (excluding diaryl/α,β-unsaturated/α-hetero) is 2. The third-order valence-corrected chi connectivity index (χ3v) is 7.60. The summed E-state index contributed by atoms with van der Waals surface area (Å²) in [6.45, 7) is 0. The van der Waals surface area contributed by atoms with Crippen molar-refractivity contribution in [2.45, 2.75) is 50.9 Å². The van der Waals surface area contributed by atoms with Crippen LogP contribution in [0.25, 0.3) is 0 Å². The topological polar surface area (TPSA) is 138 Å². The Bertz CT molecular complexity index is 1090. The van der Waals surface area contributed by atoms with Gasteiger partial charge in [0.2, 0.25) is 0 Å². The second-order valence-electron chi connectivity index (χ2n) is 9.27. The lowest BCUT2D eigenvalue weighted by atomic mass is 9.62. The predicted octanol–water partition coefficient (Wildman–Crippen LogP) is 3.12. The third kappa shape index (κ3) is 2.82. The molecule has 1 fully saturated rings. The van der Waals surface area contributed by atoms with Gasteiger partial charge in [0.15, 0.2) is 11.6 Å². The van der Waals surface area contributed by atoms with Crippen molar-refractivity contribution in [2.24, 2.45) is 23.5 Å². The van der Waals surface area contributed by atoms with Gasteiger partial charge in [-0.25, -0.2) is 0 Å². The van der Waals surface area contributed by atoms with E-state index in [1.807, 2.05) is 6.07 Å². The lowest BCUT2D eigenvalue weighted by Gasteiger charge is -2.41. The van der Waals surface area contributed by atoms with Crippen molar-refractivity contribution >= 4 is 17.5 Å². The zero-order valence-electron chi connectivity index (χ0n) is 17.1. The second kappa shape index (κ2) is 6.97. The number of allylic oxidation sites excluding steroid dienone is 3. The molecule has 7 heteroatoms. The van der Waals surface area contributed by atoms with Crippen molar-refractivity contribution in [2.75, 3.05) is 0 Å². The molecule has 7 nitrogen and oxygen atoms in total. The minimum Gasteiger partial charge on any atom is -0.511 e. The van der Waals surface area contributed by atoms with Gasteiger partial charge in [0.05, 0.1) is 11.5 Å². The number of amides is 1. The molecular formula is C24H25NO6. The first-order valence-corrected chi connectivity index (χ1v) is 10.9. The zero-order chi connectivity index (χ0) is 22.0. The Hall–Kier alpha value is -3.09. The number of aromatic hydroxyl groups is 1. The molecule has 0 radical (unpaired) electrons. The third-order valence-electron chi connectivity index (χ3n) is 7.60. The van der Waals surface area contributed by atoms with Gasteiger partial charge in [-0.3, -0.25) is 14.4 Å². The average molecular weight is 423 g/mol. The molecular weight excluding hydrogens is 398 g/mol. The fourth-order valence-corrected chi connectivity index (χ4v) is 6.28. The van der Waals surface area contributed by atoms with Crippen molar-refractivity contribution in [3.05, 3.63) is 51.5 Å². The van der Waals surface area contributed by atoms with E-state index in [1.54, 1.807) is 6.07 Å². The summed E-state index contributed by atoms with van der Waals surface area (Å²) in [4.78, 5) is 38.0. The van der Waals surface area contributed by atoms with Crippen LogP contribution in [0.3, 0.4) is 0 Å². The molecule has 0 aliphatic heterocycles. The first kappa shape index (κ1) is 19.8. The Kier molecular flexibility index (Phi) is 4.46. The van der Waals surface area contributed by atoms with Crippen LogP contribution in [0.15, 0.2) is 34.8 Å². The number of ketones is 2. The largest absolute Gasteiger partial charge is 0.511 e. The molecule has 31 heavy (non-hydrogen) atoms. The van der Waals surface area contributed by atoms with Crippen LogP contribution in [0.1, 0.15) is 65.9 Å². The standard InChI is InChI=1S/C24H25NO6/c25-24(31)20-16(27)9-12-7-11-8-14-13(10-3-1-2-4-10)5-6-15(26)19(14)22(29)17(11)21(28)18(12)23(20)30/h5-6,10-12,18,26-28H,1-4,7-9H2,(H2,25,31)/t11?,12-,18?/m0/s1. The number of nitrogens with two attached hydrogens (primary N) is 1. The number of carbonyl (C=O) groups excluding carboxylic acids is 3. The van der Waals surface area contributed by atoms with Gasteiger partial charge in [0.1, 0.15) is 22.8 Å². The molecule has 1 amide bonds. The van der Waals surface area contributed by atoms with Gasteiger partial charge in [0, 0.05) is 12.0 Å². The first-order valence-electron chi connectivity index (χ1n) is 10.9. The minimum absolute atomic E-state index is 0.0547. The van der Waals surface area contributed by atoms with Crippen LogP contribution in [0.4, 0.5) is 0 Å². The van der Waals surface area contributed by atoms with Crippen molar-refractivity contribution < 1.29 is 29.7 Å². The zero-order valence-corrected chi connectivity index (χ0v) is 17.1. The van der Waals surface area contributed by atoms with E-state index in [1.165, 1.54) is 0 Å². The Morgan fingerprint density at radius 2 is 1.71 bits per heavy atom. The summed E-state index contributed by atoms with van der Waals surface area (Å²) in [6, 6.07) is 3.46. The SMILES string of the molecule is NC(=O)C1=C(O)C[C@@H]2CC3Cc4c(C5CCCC5)ccc(O)c4C(=O)C3=C(O)C2C1=O. The fraction of sp³-hybridized carbons (Fsp3) is 0.458. The highest BCUT2D eigenvalue weighted by Gasteiger charge is 2.50. The number of hydrogen-bond donors (Lipinski definition) is 4. The highest BCUT2D eigenvalue weighted by Crippen LogP contribution is 2.51. The number of benzene rings is 1. The van der Waals surface area contributed by atoms with Crippen LogP contribution in [0.5, 0.6) is 5.75 Å². The Morgan fingerprint density at radius 1 is 1.00 bits per heavy atom. The van der Waals surface area contributed by atoms with Crippen LogP contribution < -0.4 is 5.73 Å². The maximum Gasteiger partial charge on any atom is 0.255 e. The number of phenolic OH excluding ortho intramolecular Hbond substituents is 1. The van der Waals surface area contributed by atoms with E-state index in [4.69, 9.17) is 5.73 Å². The van der Waals surface area contributed by atoms with Crippen molar-refractivity contribution in [1.29, 1.82) is 0 Å². The van der Waals surface area contributed by atoms with Gasteiger partial charge in [-0.15, -0.1) is 0 Å². The number of primary amides is 1. The number of carbonyl (C=O) groups is 3. The Morgan fingerprint density at radius 3 is 2.39 bits per heavy atom. The molecule has 2 unspecified atom stereocenters. The smallest absolute Gasteiger partial charge is 0.255 e. The summed E-state index contributed by atoms with van der Waals surface area (Å²) in [6.07, 6.45) is 5.36. The van der Waals surface area contributed by atoms with Crippen molar-refractivity contribution in [3.63, 3.8) is 0 Å². The van der Waals surface area contributed by atoms with Crippen LogP contribution in [-0.4, -0.2) is 32.8 Å². The van der Waals surface area contributed by atoms with Gasteiger partial charge in [-0.2, -0.15) is 0 Å². The fourth-order valence-electron chi connectivity index (χ4n) is 6.28. The van der Waals surface area contributed by atoms with Gasteiger partial charge in [-0.05, 0) is 60.6 Å². The monoisotopic (exact) mass is 423 g/mol. The van der Waals surface area contributed by atoms with Crippen molar-refractivity contribution in [3.8, 4) is 5.75 Å². The molecule has 0 saturated heterocycles. The number of aliphatic hydroxyl groups excluding tert-OH is 2. The van der Waals surface area contributed by atoms with Crippen molar-refractivity contribution in [1.82, 2.24) is 0 Å². The number of aliphatic hydroxyl groups is 2. The summed E-state index contributed by atoms with van der Waals surface area (Å²) in [5.74, 6) is -4.48. The highest BCUT2D eigenvalue weighted by molar-refractivity contribution is 6.22. The maximum absolute atomic E-state index is 13.5.